The molecule has 2 N–H and O–H groups in total. The summed E-state index contributed by atoms with van der Waals surface area (Å²) < 4.78 is 13.8. The van der Waals surface area contributed by atoms with Crippen LogP contribution in [-0.4, -0.2) is 31.0 Å². The van der Waals surface area contributed by atoms with Gasteiger partial charge in [-0.2, -0.15) is 0 Å². The lowest BCUT2D eigenvalue weighted by Crippen LogP contribution is -2.19. The third kappa shape index (κ3) is 3.65. The van der Waals surface area contributed by atoms with Crippen molar-refractivity contribution in [2.24, 2.45) is 5.92 Å². The van der Waals surface area contributed by atoms with E-state index in [1.54, 1.807) is 18.2 Å². The zero-order valence-electron chi connectivity index (χ0n) is 17.2. The van der Waals surface area contributed by atoms with E-state index in [1.807, 2.05) is 12.3 Å². The fourth-order valence-electron chi connectivity index (χ4n) is 4.90. The molecule has 158 valence electrons. The molecule has 0 radical (unpaired) electrons. The molecule has 6 nitrogen and oxygen atoms in total. The number of aromatic nitrogens is 4. The van der Waals surface area contributed by atoms with Crippen LogP contribution in [0.25, 0.3) is 22.1 Å². The summed E-state index contributed by atoms with van der Waals surface area (Å²) in [7, 11) is 0. The maximum Gasteiger partial charge on any atom is 0.337 e. The lowest BCUT2D eigenvalue weighted by molar-refractivity contribution is 0.0696. The summed E-state index contributed by atoms with van der Waals surface area (Å²) in [5.74, 6) is 0.709. The maximum atomic E-state index is 13.8. The van der Waals surface area contributed by atoms with E-state index in [-0.39, 0.29) is 17.3 Å². The van der Waals surface area contributed by atoms with E-state index in [1.165, 1.54) is 17.8 Å². The second-order valence-corrected chi connectivity index (χ2v) is 8.48. The number of carbonyl (C=O) groups is 1. The summed E-state index contributed by atoms with van der Waals surface area (Å²) in [6, 6.07) is 8.41. The molecule has 5 rings (SSSR count). The molecule has 1 atom stereocenters. The van der Waals surface area contributed by atoms with Gasteiger partial charge in [-0.25, -0.2) is 19.2 Å². The number of hydrogen-bond donors (Lipinski definition) is 2. The first-order valence-corrected chi connectivity index (χ1v) is 10.6. The summed E-state index contributed by atoms with van der Waals surface area (Å²) in [6.45, 7) is 2.16. The smallest absolute Gasteiger partial charge is 0.337 e. The summed E-state index contributed by atoms with van der Waals surface area (Å²) >= 11 is 0. The highest BCUT2D eigenvalue weighted by molar-refractivity contribution is 5.90. The number of imidazole rings is 1. The van der Waals surface area contributed by atoms with Gasteiger partial charge in [-0.3, -0.25) is 4.98 Å². The normalized spacial score (nSPS) is 20.2. The SMILES string of the molecule is CC(c1nc2ncc(C(=O)O)cc2[nH]1)C1CCC(c2ccnc3ccc(F)cc23)CC1. The van der Waals surface area contributed by atoms with Crippen LogP contribution in [-0.2, 0) is 0 Å². The van der Waals surface area contributed by atoms with Gasteiger partial charge in [-0.15, -0.1) is 0 Å². The zero-order chi connectivity index (χ0) is 21.5. The van der Waals surface area contributed by atoms with Crippen LogP contribution >= 0.6 is 0 Å². The van der Waals surface area contributed by atoms with E-state index >= 15 is 0 Å². The van der Waals surface area contributed by atoms with Crippen LogP contribution in [0.15, 0.2) is 42.7 Å². The highest BCUT2D eigenvalue weighted by Gasteiger charge is 2.29. The van der Waals surface area contributed by atoms with Crippen LogP contribution in [0.5, 0.6) is 0 Å². The quantitative estimate of drug-likeness (QED) is 0.462. The number of rotatable bonds is 4. The molecule has 0 saturated heterocycles. The molecule has 1 unspecified atom stereocenters. The fourth-order valence-corrected chi connectivity index (χ4v) is 4.90. The van der Waals surface area contributed by atoms with Crippen molar-refractivity contribution in [2.45, 2.75) is 44.4 Å². The Balaban J connectivity index is 1.33. The van der Waals surface area contributed by atoms with E-state index in [9.17, 15) is 9.18 Å². The number of nitrogens with zero attached hydrogens (tertiary/aromatic N) is 3. The lowest BCUT2D eigenvalue weighted by atomic mass is 9.73. The first-order chi connectivity index (χ1) is 15.0. The Kier molecular flexibility index (Phi) is 4.88. The fraction of sp³-hybridized carbons (Fsp3) is 0.333. The van der Waals surface area contributed by atoms with E-state index in [0.29, 0.717) is 23.0 Å². The van der Waals surface area contributed by atoms with Gasteiger partial charge < -0.3 is 10.1 Å². The van der Waals surface area contributed by atoms with Gasteiger partial charge in [0.2, 0.25) is 0 Å². The summed E-state index contributed by atoms with van der Waals surface area (Å²) in [5, 5.41) is 10.1. The van der Waals surface area contributed by atoms with Gasteiger partial charge in [-0.1, -0.05) is 6.92 Å². The number of aromatic amines is 1. The minimum Gasteiger partial charge on any atom is -0.478 e. The van der Waals surface area contributed by atoms with Crippen molar-refractivity contribution in [2.75, 3.05) is 0 Å². The molecule has 1 saturated carbocycles. The predicted molar refractivity (Wildman–Crippen MR) is 116 cm³/mol. The number of fused-ring (bicyclic) bond motifs is 2. The molecule has 1 fully saturated rings. The van der Waals surface area contributed by atoms with Crippen LogP contribution in [0.4, 0.5) is 4.39 Å². The first kappa shape index (κ1) is 19.6. The van der Waals surface area contributed by atoms with Crippen molar-refractivity contribution in [3.05, 3.63) is 65.5 Å². The van der Waals surface area contributed by atoms with Crippen LogP contribution in [0.3, 0.4) is 0 Å². The van der Waals surface area contributed by atoms with Crippen LogP contribution in [0, 0.1) is 11.7 Å². The zero-order valence-corrected chi connectivity index (χ0v) is 17.2. The number of H-pyrrole nitrogens is 1. The van der Waals surface area contributed by atoms with Gasteiger partial charge in [0.05, 0.1) is 16.6 Å². The molecule has 1 aliphatic rings. The molecular weight excluding hydrogens is 395 g/mol. The van der Waals surface area contributed by atoms with Gasteiger partial charge in [0.25, 0.3) is 0 Å². The summed E-state index contributed by atoms with van der Waals surface area (Å²) in [4.78, 5) is 27.6. The first-order valence-electron chi connectivity index (χ1n) is 10.6. The molecule has 0 amide bonds. The number of aromatic carboxylic acids is 1. The topological polar surface area (TPSA) is 91.8 Å². The Morgan fingerprint density at radius 3 is 2.74 bits per heavy atom. The molecule has 1 aliphatic carbocycles. The lowest BCUT2D eigenvalue weighted by Gasteiger charge is -2.32. The highest BCUT2D eigenvalue weighted by Crippen LogP contribution is 2.42. The van der Waals surface area contributed by atoms with E-state index < -0.39 is 5.97 Å². The number of hydrogen-bond acceptors (Lipinski definition) is 4. The van der Waals surface area contributed by atoms with Gasteiger partial charge in [0, 0.05) is 23.7 Å². The van der Waals surface area contributed by atoms with Crippen molar-refractivity contribution in [1.82, 2.24) is 19.9 Å². The molecule has 3 heterocycles. The Labute approximate surface area is 178 Å². The van der Waals surface area contributed by atoms with E-state index in [2.05, 4.69) is 26.9 Å². The Hall–Kier alpha value is -3.35. The summed E-state index contributed by atoms with van der Waals surface area (Å²) in [5.41, 5.74) is 3.37. The van der Waals surface area contributed by atoms with Crippen molar-refractivity contribution in [1.29, 1.82) is 0 Å². The minimum atomic E-state index is -1.000. The predicted octanol–water partition coefficient (Wildman–Crippen LogP) is 5.42. The molecule has 7 heteroatoms. The van der Waals surface area contributed by atoms with E-state index in [4.69, 9.17) is 5.11 Å². The Bertz CT molecular complexity index is 1280. The monoisotopic (exact) mass is 418 g/mol. The average Bonchev–Trinajstić information content (AvgIpc) is 3.21. The Morgan fingerprint density at radius 2 is 1.97 bits per heavy atom. The van der Waals surface area contributed by atoms with Gasteiger partial charge in [0.15, 0.2) is 5.65 Å². The number of pyridine rings is 2. The standard InChI is InChI=1S/C24H23FN4O2/c1-13(22-28-21-10-16(24(30)31)12-27-23(21)29-22)14-2-4-15(5-3-14)18-8-9-26-20-7-6-17(25)11-19(18)20/h6-15H,2-5H2,1H3,(H,30,31)(H,27,28,29). The van der Waals surface area contributed by atoms with Gasteiger partial charge in [0.1, 0.15) is 11.6 Å². The third-order valence-electron chi connectivity index (χ3n) is 6.69. The second-order valence-electron chi connectivity index (χ2n) is 8.48. The minimum absolute atomic E-state index is 0.150. The molecule has 4 aromatic rings. The molecule has 0 aliphatic heterocycles. The van der Waals surface area contributed by atoms with Crippen LogP contribution in [0.1, 0.15) is 66.2 Å². The van der Waals surface area contributed by atoms with Crippen LogP contribution < -0.4 is 0 Å². The molecule has 0 spiro atoms. The maximum absolute atomic E-state index is 13.8. The average molecular weight is 418 g/mol. The highest BCUT2D eigenvalue weighted by atomic mass is 19.1. The number of nitrogens with one attached hydrogen (secondary N) is 1. The number of halogens is 1. The number of benzene rings is 1. The second kappa shape index (κ2) is 7.72. The van der Waals surface area contributed by atoms with Crippen molar-refractivity contribution < 1.29 is 14.3 Å². The van der Waals surface area contributed by atoms with Crippen molar-refractivity contribution in [3.63, 3.8) is 0 Å². The van der Waals surface area contributed by atoms with Crippen LogP contribution in [0.2, 0.25) is 0 Å². The van der Waals surface area contributed by atoms with E-state index in [0.717, 1.165) is 42.4 Å². The largest absolute Gasteiger partial charge is 0.478 e. The Morgan fingerprint density at radius 1 is 1.16 bits per heavy atom. The molecule has 1 aromatic carbocycles. The van der Waals surface area contributed by atoms with Gasteiger partial charge >= 0.3 is 5.97 Å². The number of carboxylic acid groups (broad SMARTS) is 1. The van der Waals surface area contributed by atoms with Crippen molar-refractivity contribution >= 4 is 28.0 Å². The molecule has 0 bridgehead atoms. The summed E-state index contributed by atoms with van der Waals surface area (Å²) in [6.07, 6.45) is 7.33. The van der Waals surface area contributed by atoms with Gasteiger partial charge in [-0.05, 0) is 73.4 Å². The van der Waals surface area contributed by atoms with Crippen molar-refractivity contribution in [3.8, 4) is 0 Å². The molecule has 31 heavy (non-hydrogen) atoms. The number of carboxylic acids is 1. The molecular formula is C24H23FN4O2. The molecule has 3 aromatic heterocycles. The third-order valence-corrected chi connectivity index (χ3v) is 6.69.